The number of phosphoric ester groups is 1. The second-order valence-corrected chi connectivity index (χ2v) is 14.2. The smallest absolute Gasteiger partial charge is 0.472 e. The predicted molar refractivity (Wildman–Crippen MR) is 208 cm³/mol. The number of esters is 1. The van der Waals surface area contributed by atoms with E-state index in [1.165, 1.54) is 0 Å². The topological polar surface area (TPSA) is 169 Å². The van der Waals surface area contributed by atoms with E-state index in [1.807, 2.05) is 0 Å². The minimum atomic E-state index is -4.75. The summed E-state index contributed by atoms with van der Waals surface area (Å²) in [7, 11) is -4.75. The van der Waals surface area contributed by atoms with Gasteiger partial charge in [-0.3, -0.25) is 18.6 Å². The number of unbranched alkanes of at least 4 members (excludes halogenated alkanes) is 11. The zero-order valence-corrected chi connectivity index (χ0v) is 32.7. The molecule has 0 spiro atoms. The van der Waals surface area contributed by atoms with Crippen LogP contribution in [0.25, 0.3) is 0 Å². The average Bonchev–Trinajstić information content (AvgIpc) is 3.11. The van der Waals surface area contributed by atoms with E-state index in [-0.39, 0.29) is 12.8 Å². The molecule has 0 aromatic heterocycles. The standard InChI is InChI=1S/C40H68NO10P/c1-3-5-7-9-10-11-12-13-14-15-16-17-18-19-20-21-22-23-24-25-26-28-29-31-38(43)41-37(40(45)46)35-51-52(47,48)50-34-36(42)33-49-39(44)32-30-27-8-6-4-2/h5,7,10-11,13-14,16-17,19-20,36-37,42H,3-4,6,8-9,12,15,18,21-35H2,1-2H3,(H,41,43)(H,45,46)(H,47,48)/b7-5-,11-10-,14-13-,17-16-,20-19-. The molecule has 0 radical (unpaired) electrons. The Kier molecular flexibility index (Phi) is 33.3. The number of carboxylic acid groups (broad SMARTS) is 1. The normalized spacial score (nSPS) is 14.5. The number of nitrogens with one attached hydrogen (secondary N) is 1. The third-order valence-corrected chi connectivity index (χ3v) is 8.77. The highest BCUT2D eigenvalue weighted by atomic mass is 31.2. The summed E-state index contributed by atoms with van der Waals surface area (Å²) >= 11 is 0. The molecule has 0 aromatic rings. The molecule has 298 valence electrons. The number of aliphatic hydroxyl groups is 1. The molecule has 11 nitrogen and oxygen atoms in total. The number of allylic oxidation sites excluding steroid dienone is 10. The number of carbonyl (C=O) groups is 3. The van der Waals surface area contributed by atoms with Crippen LogP contribution in [-0.2, 0) is 32.7 Å². The highest BCUT2D eigenvalue weighted by Gasteiger charge is 2.28. The third-order valence-electron chi connectivity index (χ3n) is 7.82. The lowest BCUT2D eigenvalue weighted by Gasteiger charge is -2.18. The Morgan fingerprint density at radius 1 is 0.635 bits per heavy atom. The molecule has 3 unspecified atom stereocenters. The maximum absolute atomic E-state index is 12.3. The van der Waals surface area contributed by atoms with Gasteiger partial charge in [-0.2, -0.15) is 0 Å². The van der Waals surface area contributed by atoms with Gasteiger partial charge in [0.1, 0.15) is 12.7 Å². The van der Waals surface area contributed by atoms with Crippen LogP contribution in [0.3, 0.4) is 0 Å². The second kappa shape index (κ2) is 35.2. The number of carboxylic acids is 1. The van der Waals surface area contributed by atoms with Crippen LogP contribution in [0.1, 0.15) is 142 Å². The van der Waals surface area contributed by atoms with E-state index in [0.29, 0.717) is 12.8 Å². The molecule has 0 aliphatic rings. The lowest BCUT2D eigenvalue weighted by molar-refractivity contribution is -0.147. The highest BCUT2D eigenvalue weighted by molar-refractivity contribution is 7.47. The van der Waals surface area contributed by atoms with Crippen LogP contribution in [-0.4, -0.2) is 64.9 Å². The summed E-state index contributed by atoms with van der Waals surface area (Å²) in [5.41, 5.74) is 0. The van der Waals surface area contributed by atoms with E-state index in [4.69, 9.17) is 13.8 Å². The molecular formula is C40H68NO10P. The van der Waals surface area contributed by atoms with E-state index in [1.54, 1.807) is 0 Å². The number of ether oxygens (including phenoxy) is 1. The Bertz CT molecular complexity index is 1120. The van der Waals surface area contributed by atoms with Crippen molar-refractivity contribution >= 4 is 25.7 Å². The van der Waals surface area contributed by atoms with Crippen molar-refractivity contribution in [1.82, 2.24) is 5.32 Å². The largest absolute Gasteiger partial charge is 0.480 e. The van der Waals surface area contributed by atoms with Gasteiger partial charge in [0.05, 0.1) is 13.2 Å². The van der Waals surface area contributed by atoms with Gasteiger partial charge in [-0.15, -0.1) is 0 Å². The fourth-order valence-corrected chi connectivity index (χ4v) is 5.58. The Morgan fingerprint density at radius 2 is 1.12 bits per heavy atom. The number of aliphatic hydroxyl groups excluding tert-OH is 1. The summed E-state index contributed by atoms with van der Waals surface area (Å²) in [6.07, 6.45) is 38.7. The summed E-state index contributed by atoms with van der Waals surface area (Å²) in [4.78, 5) is 45.4. The van der Waals surface area contributed by atoms with Gasteiger partial charge in [-0.25, -0.2) is 9.36 Å². The van der Waals surface area contributed by atoms with Crippen molar-refractivity contribution in [2.45, 2.75) is 154 Å². The van der Waals surface area contributed by atoms with Crippen molar-refractivity contribution in [1.29, 1.82) is 0 Å². The first-order chi connectivity index (χ1) is 25.1. The minimum absolute atomic E-state index is 0.130. The number of aliphatic carboxylic acids is 1. The molecule has 12 heteroatoms. The van der Waals surface area contributed by atoms with Crippen LogP contribution in [0.2, 0.25) is 0 Å². The van der Waals surface area contributed by atoms with Gasteiger partial charge in [0.15, 0.2) is 6.04 Å². The average molecular weight is 754 g/mol. The number of hydrogen-bond acceptors (Lipinski definition) is 8. The number of amides is 1. The fraction of sp³-hybridized carbons (Fsp3) is 0.675. The Hall–Kier alpha value is -2.82. The van der Waals surface area contributed by atoms with Crippen molar-refractivity contribution in [3.8, 4) is 0 Å². The number of rotatable bonds is 35. The van der Waals surface area contributed by atoms with Crippen molar-refractivity contribution in [3.63, 3.8) is 0 Å². The zero-order chi connectivity index (χ0) is 38.5. The molecule has 0 saturated carbocycles. The minimum Gasteiger partial charge on any atom is -0.480 e. The van der Waals surface area contributed by atoms with Crippen molar-refractivity contribution in [3.05, 3.63) is 60.8 Å². The summed E-state index contributed by atoms with van der Waals surface area (Å²) < 4.78 is 26.5. The molecule has 0 aliphatic carbocycles. The van der Waals surface area contributed by atoms with Crippen LogP contribution >= 0.6 is 7.82 Å². The SMILES string of the molecule is CC/C=C\C/C=C\C/C=C\C/C=C\C/C=C\CCCCCCCCCC(=O)NC(COP(=O)(O)OCC(O)COC(=O)CCCCCCC)C(=O)O. The molecule has 0 bridgehead atoms. The molecule has 0 heterocycles. The van der Waals surface area contributed by atoms with E-state index < -0.39 is 57.6 Å². The quantitative estimate of drug-likeness (QED) is 0.0212. The lowest BCUT2D eigenvalue weighted by Crippen LogP contribution is -2.43. The van der Waals surface area contributed by atoms with Crippen LogP contribution in [0.15, 0.2) is 60.8 Å². The van der Waals surface area contributed by atoms with E-state index in [2.05, 4.69) is 79.9 Å². The van der Waals surface area contributed by atoms with Crippen molar-refractivity contribution < 1.29 is 47.8 Å². The maximum Gasteiger partial charge on any atom is 0.472 e. The first-order valence-electron chi connectivity index (χ1n) is 19.3. The van der Waals surface area contributed by atoms with Crippen molar-refractivity contribution in [2.24, 2.45) is 0 Å². The Balaban J connectivity index is 3.94. The first kappa shape index (κ1) is 49.2. The molecule has 4 N–H and O–H groups in total. The van der Waals surface area contributed by atoms with E-state index in [0.717, 1.165) is 103 Å². The van der Waals surface area contributed by atoms with Gasteiger partial charge in [-0.05, 0) is 57.8 Å². The van der Waals surface area contributed by atoms with Gasteiger partial charge in [0.2, 0.25) is 5.91 Å². The highest BCUT2D eigenvalue weighted by Crippen LogP contribution is 2.43. The molecule has 0 aromatic carbocycles. The Labute approximate surface area is 313 Å². The fourth-order valence-electron chi connectivity index (χ4n) is 4.81. The molecule has 0 aliphatic heterocycles. The van der Waals surface area contributed by atoms with Gasteiger partial charge in [-0.1, -0.05) is 132 Å². The number of phosphoric acid groups is 1. The molecule has 52 heavy (non-hydrogen) atoms. The molecule has 3 atom stereocenters. The van der Waals surface area contributed by atoms with Crippen LogP contribution in [0.4, 0.5) is 0 Å². The molecule has 0 saturated heterocycles. The molecule has 1 amide bonds. The van der Waals surface area contributed by atoms with Gasteiger partial charge in [0, 0.05) is 12.8 Å². The summed E-state index contributed by atoms with van der Waals surface area (Å²) in [6.45, 7) is 2.33. The Morgan fingerprint density at radius 3 is 1.67 bits per heavy atom. The van der Waals surface area contributed by atoms with E-state index >= 15 is 0 Å². The van der Waals surface area contributed by atoms with Crippen LogP contribution in [0, 0.1) is 0 Å². The summed E-state index contributed by atoms with van der Waals surface area (Å²) in [6, 6.07) is -1.55. The third kappa shape index (κ3) is 34.3. The maximum atomic E-state index is 12.3. The van der Waals surface area contributed by atoms with Gasteiger partial charge in [0.25, 0.3) is 0 Å². The molecule has 0 rings (SSSR count). The van der Waals surface area contributed by atoms with Crippen molar-refractivity contribution in [2.75, 3.05) is 19.8 Å². The van der Waals surface area contributed by atoms with E-state index in [9.17, 15) is 34.1 Å². The number of hydrogen-bond donors (Lipinski definition) is 4. The molecule has 0 fully saturated rings. The monoisotopic (exact) mass is 753 g/mol. The van der Waals surface area contributed by atoms with Crippen LogP contribution < -0.4 is 5.32 Å². The van der Waals surface area contributed by atoms with Gasteiger partial charge >= 0.3 is 19.8 Å². The van der Waals surface area contributed by atoms with Crippen LogP contribution in [0.5, 0.6) is 0 Å². The number of carbonyl (C=O) groups excluding carboxylic acids is 2. The predicted octanol–water partition coefficient (Wildman–Crippen LogP) is 9.22. The summed E-state index contributed by atoms with van der Waals surface area (Å²) in [5, 5.41) is 21.6. The molecular weight excluding hydrogens is 685 g/mol. The first-order valence-corrected chi connectivity index (χ1v) is 20.8. The second-order valence-electron chi connectivity index (χ2n) is 12.7. The zero-order valence-electron chi connectivity index (χ0n) is 31.8. The lowest BCUT2D eigenvalue weighted by atomic mass is 10.1. The van der Waals surface area contributed by atoms with Gasteiger partial charge < -0.3 is 25.2 Å². The summed E-state index contributed by atoms with van der Waals surface area (Å²) in [5.74, 6) is -2.41.